The van der Waals surface area contributed by atoms with Crippen LogP contribution < -0.4 is 4.74 Å². The number of amides is 2. The topological polar surface area (TPSA) is 92.2 Å². The summed E-state index contributed by atoms with van der Waals surface area (Å²) in [5.41, 5.74) is 0.347. The van der Waals surface area contributed by atoms with Crippen LogP contribution in [0, 0.1) is 11.8 Å². The van der Waals surface area contributed by atoms with E-state index < -0.39 is 0 Å². The van der Waals surface area contributed by atoms with Crippen molar-refractivity contribution in [1.82, 2.24) is 14.8 Å². The fourth-order valence-corrected chi connectivity index (χ4v) is 4.24. The predicted octanol–water partition coefficient (Wildman–Crippen LogP) is 1.95. The Hall–Kier alpha value is -1.71. The molecule has 1 N–H and O–H groups in total. The van der Waals surface area contributed by atoms with Crippen molar-refractivity contribution in [2.45, 2.75) is 38.8 Å². The maximum absolute atomic E-state index is 13.1. The highest BCUT2D eigenvalue weighted by molar-refractivity contribution is 9.10. The van der Waals surface area contributed by atoms with Crippen molar-refractivity contribution in [3.63, 3.8) is 0 Å². The van der Waals surface area contributed by atoms with Crippen LogP contribution in [0.25, 0.3) is 0 Å². The molecule has 0 aliphatic carbocycles. The molecule has 0 unspecified atom stereocenters. The standard InChI is InChI=1S/C21H30BrN3O5/c1-13-10-25(14(2)12-26)21(28)17-8-16(22)9-23-19(17)30-18(13)11-24(3)20(27)15-4-6-29-7-5-15/h8-9,13-15,18,26H,4-7,10-12H2,1-3H3/t13-,14+,18+/m1/s1. The van der Waals surface area contributed by atoms with E-state index in [1.807, 2.05) is 13.8 Å². The molecule has 30 heavy (non-hydrogen) atoms. The summed E-state index contributed by atoms with van der Waals surface area (Å²) in [5, 5.41) is 9.67. The number of nitrogens with zero attached hydrogens (tertiary/aromatic N) is 3. The molecule has 3 atom stereocenters. The van der Waals surface area contributed by atoms with E-state index in [1.165, 1.54) is 0 Å². The van der Waals surface area contributed by atoms with Gasteiger partial charge in [-0.2, -0.15) is 0 Å². The van der Waals surface area contributed by atoms with Crippen LogP contribution >= 0.6 is 15.9 Å². The number of halogens is 1. The van der Waals surface area contributed by atoms with Gasteiger partial charge in [-0.15, -0.1) is 0 Å². The number of hydrogen-bond acceptors (Lipinski definition) is 6. The van der Waals surface area contributed by atoms with Gasteiger partial charge in [-0.05, 0) is 41.8 Å². The van der Waals surface area contributed by atoms with Crippen molar-refractivity contribution < 1.29 is 24.2 Å². The molecule has 2 amide bonds. The SMILES string of the molecule is C[C@@H]1CN([C@@H](C)CO)C(=O)c2cc(Br)cnc2O[C@H]1CN(C)C(=O)C1CCOCC1. The number of carbonyl (C=O) groups is 2. The Labute approximate surface area is 185 Å². The number of carbonyl (C=O) groups excluding carboxylic acids is 2. The second kappa shape index (κ2) is 10.1. The molecule has 2 aliphatic rings. The number of aromatic nitrogens is 1. The Balaban J connectivity index is 1.84. The first-order valence-electron chi connectivity index (χ1n) is 10.4. The van der Waals surface area contributed by atoms with Crippen LogP contribution in [0.2, 0.25) is 0 Å². The fourth-order valence-electron chi connectivity index (χ4n) is 3.91. The van der Waals surface area contributed by atoms with Gasteiger partial charge in [-0.3, -0.25) is 9.59 Å². The average Bonchev–Trinajstić information content (AvgIpc) is 2.76. The van der Waals surface area contributed by atoms with Crippen molar-refractivity contribution >= 4 is 27.7 Å². The summed E-state index contributed by atoms with van der Waals surface area (Å²) in [6.07, 6.45) is 2.72. The Morgan fingerprint density at radius 1 is 1.43 bits per heavy atom. The van der Waals surface area contributed by atoms with E-state index in [0.717, 1.165) is 12.8 Å². The summed E-state index contributed by atoms with van der Waals surface area (Å²) >= 11 is 3.37. The van der Waals surface area contributed by atoms with Gasteiger partial charge in [0.05, 0.1) is 19.2 Å². The van der Waals surface area contributed by atoms with Gasteiger partial charge in [0.1, 0.15) is 11.7 Å². The maximum atomic E-state index is 13.1. The lowest BCUT2D eigenvalue weighted by Gasteiger charge is -2.38. The van der Waals surface area contributed by atoms with E-state index in [9.17, 15) is 14.7 Å². The molecule has 8 nitrogen and oxygen atoms in total. The third-order valence-corrected chi connectivity index (χ3v) is 6.32. The van der Waals surface area contributed by atoms with Gasteiger partial charge in [0.2, 0.25) is 11.8 Å². The molecule has 0 radical (unpaired) electrons. The zero-order chi connectivity index (χ0) is 21.8. The molecule has 0 saturated carbocycles. The summed E-state index contributed by atoms with van der Waals surface area (Å²) in [5.74, 6) is 0.0313. The second-order valence-electron chi connectivity index (χ2n) is 8.23. The quantitative estimate of drug-likeness (QED) is 0.687. The lowest BCUT2D eigenvalue weighted by molar-refractivity contribution is -0.138. The van der Waals surface area contributed by atoms with Crippen LogP contribution in [0.15, 0.2) is 16.7 Å². The Kier molecular flexibility index (Phi) is 7.70. The van der Waals surface area contributed by atoms with E-state index >= 15 is 0 Å². The minimum atomic E-state index is -0.341. The van der Waals surface area contributed by atoms with Crippen molar-refractivity contribution in [1.29, 1.82) is 0 Å². The van der Waals surface area contributed by atoms with Crippen molar-refractivity contribution in [2.75, 3.05) is 40.0 Å². The molecule has 1 aromatic rings. The number of fused-ring (bicyclic) bond motifs is 1. The van der Waals surface area contributed by atoms with Gasteiger partial charge < -0.3 is 24.4 Å². The molecule has 0 spiro atoms. The zero-order valence-corrected chi connectivity index (χ0v) is 19.3. The third kappa shape index (κ3) is 5.12. The minimum Gasteiger partial charge on any atom is -0.472 e. The zero-order valence-electron chi connectivity index (χ0n) is 17.7. The van der Waals surface area contributed by atoms with E-state index in [0.29, 0.717) is 36.3 Å². The van der Waals surface area contributed by atoms with Gasteiger partial charge >= 0.3 is 0 Å². The second-order valence-corrected chi connectivity index (χ2v) is 9.15. The van der Waals surface area contributed by atoms with Crippen LogP contribution in [0.5, 0.6) is 5.88 Å². The van der Waals surface area contributed by atoms with Crippen molar-refractivity contribution in [3.8, 4) is 5.88 Å². The van der Waals surface area contributed by atoms with Crippen molar-refractivity contribution in [3.05, 3.63) is 22.3 Å². The average molecular weight is 484 g/mol. The molecule has 1 aromatic heterocycles. The molecular weight excluding hydrogens is 454 g/mol. The monoisotopic (exact) mass is 483 g/mol. The molecule has 0 bridgehead atoms. The highest BCUT2D eigenvalue weighted by atomic mass is 79.9. The molecule has 1 fully saturated rings. The number of hydrogen-bond donors (Lipinski definition) is 1. The molecule has 0 aromatic carbocycles. The van der Waals surface area contributed by atoms with E-state index in [2.05, 4.69) is 20.9 Å². The van der Waals surface area contributed by atoms with Crippen LogP contribution in [0.4, 0.5) is 0 Å². The molecule has 9 heteroatoms. The van der Waals surface area contributed by atoms with E-state index in [4.69, 9.17) is 9.47 Å². The summed E-state index contributed by atoms with van der Waals surface area (Å²) < 4.78 is 12.2. The summed E-state index contributed by atoms with van der Waals surface area (Å²) in [4.78, 5) is 33.7. The smallest absolute Gasteiger partial charge is 0.259 e. The van der Waals surface area contributed by atoms with Gasteiger partial charge in [-0.25, -0.2) is 4.98 Å². The highest BCUT2D eigenvalue weighted by Crippen LogP contribution is 2.29. The summed E-state index contributed by atoms with van der Waals surface area (Å²) in [7, 11) is 1.79. The number of likely N-dealkylation sites (N-methyl/N-ethyl adjacent to an activating group) is 1. The van der Waals surface area contributed by atoms with Crippen LogP contribution in [0.1, 0.15) is 37.0 Å². The Bertz CT molecular complexity index is 771. The minimum absolute atomic E-state index is 0.0264. The fraction of sp³-hybridized carbons (Fsp3) is 0.667. The van der Waals surface area contributed by atoms with Crippen molar-refractivity contribution in [2.24, 2.45) is 11.8 Å². The van der Waals surface area contributed by atoms with Crippen LogP contribution in [-0.4, -0.2) is 83.8 Å². The first-order valence-corrected chi connectivity index (χ1v) is 11.2. The molecule has 3 heterocycles. The number of rotatable bonds is 5. The lowest BCUT2D eigenvalue weighted by Crippen LogP contribution is -2.51. The maximum Gasteiger partial charge on any atom is 0.259 e. The summed E-state index contributed by atoms with van der Waals surface area (Å²) in [6, 6.07) is 1.35. The number of pyridine rings is 1. The van der Waals surface area contributed by atoms with E-state index in [1.54, 1.807) is 29.1 Å². The molecule has 3 rings (SSSR count). The Morgan fingerprint density at radius 3 is 2.80 bits per heavy atom. The molecule has 2 aliphatic heterocycles. The highest BCUT2D eigenvalue weighted by Gasteiger charge is 2.35. The number of aliphatic hydroxyl groups is 1. The Morgan fingerprint density at radius 2 is 2.13 bits per heavy atom. The largest absolute Gasteiger partial charge is 0.472 e. The third-order valence-electron chi connectivity index (χ3n) is 5.89. The van der Waals surface area contributed by atoms with Gasteiger partial charge in [0.25, 0.3) is 5.91 Å². The van der Waals surface area contributed by atoms with Gasteiger partial charge in [0.15, 0.2) is 0 Å². The normalized spacial score (nSPS) is 23.8. The van der Waals surface area contributed by atoms with Crippen LogP contribution in [0.3, 0.4) is 0 Å². The molecule has 166 valence electrons. The first kappa shape index (κ1) is 23.0. The molecule has 1 saturated heterocycles. The number of ether oxygens (including phenoxy) is 2. The number of aliphatic hydroxyl groups excluding tert-OH is 1. The van der Waals surface area contributed by atoms with Gasteiger partial charge in [-0.1, -0.05) is 6.92 Å². The van der Waals surface area contributed by atoms with Gasteiger partial charge in [0, 0.05) is 49.3 Å². The summed E-state index contributed by atoms with van der Waals surface area (Å²) in [6.45, 7) is 5.70. The lowest BCUT2D eigenvalue weighted by atomic mass is 9.97. The van der Waals surface area contributed by atoms with Crippen LogP contribution in [-0.2, 0) is 9.53 Å². The predicted molar refractivity (Wildman–Crippen MR) is 114 cm³/mol. The first-order chi connectivity index (χ1) is 14.3. The molecular formula is C21H30BrN3O5. The van der Waals surface area contributed by atoms with E-state index in [-0.39, 0.29) is 48.3 Å².